The first kappa shape index (κ1) is 19.0. The minimum absolute atomic E-state index is 0.0897. The Bertz CT molecular complexity index is 1240. The van der Waals surface area contributed by atoms with E-state index in [0.717, 1.165) is 5.69 Å². The number of carbonyl (C=O) groups is 2. The number of hydrogen-bond donors (Lipinski definition) is 1. The maximum absolute atomic E-state index is 13.1. The van der Waals surface area contributed by atoms with Gasteiger partial charge in [-0.15, -0.1) is 5.10 Å². The smallest absolute Gasteiger partial charge is 0.291 e. The van der Waals surface area contributed by atoms with Crippen molar-refractivity contribution in [3.63, 3.8) is 0 Å². The predicted octanol–water partition coefficient (Wildman–Crippen LogP) is 2.74. The van der Waals surface area contributed by atoms with Gasteiger partial charge in [-0.2, -0.15) is 9.90 Å². The SMILES string of the molecule is O=C(Nc1c(C(=O)N2CCOCC2)oc2ccccc12)c1cnn(-c2ccccc2)n1. The highest BCUT2D eigenvalue weighted by molar-refractivity contribution is 6.13. The van der Waals surface area contributed by atoms with Crippen molar-refractivity contribution < 1.29 is 18.7 Å². The van der Waals surface area contributed by atoms with Crippen LogP contribution in [0.2, 0.25) is 0 Å². The Hall–Kier alpha value is -3.98. The van der Waals surface area contributed by atoms with Crippen LogP contribution in [0.1, 0.15) is 21.0 Å². The van der Waals surface area contributed by atoms with Gasteiger partial charge in [-0.3, -0.25) is 9.59 Å². The molecular formula is C22H19N5O4. The number of morpholine rings is 1. The molecule has 0 spiro atoms. The van der Waals surface area contributed by atoms with Gasteiger partial charge < -0.3 is 19.4 Å². The zero-order valence-corrected chi connectivity index (χ0v) is 16.5. The molecule has 5 rings (SSSR count). The van der Waals surface area contributed by atoms with Gasteiger partial charge in [0.05, 0.1) is 25.1 Å². The molecule has 0 unspecified atom stereocenters. The Labute approximate surface area is 177 Å². The normalized spacial score (nSPS) is 14.0. The van der Waals surface area contributed by atoms with E-state index in [0.29, 0.717) is 43.0 Å². The highest BCUT2D eigenvalue weighted by Crippen LogP contribution is 2.32. The van der Waals surface area contributed by atoms with Gasteiger partial charge in [0.1, 0.15) is 11.3 Å². The number of nitrogens with zero attached hydrogens (tertiary/aromatic N) is 4. The first-order valence-electron chi connectivity index (χ1n) is 9.88. The van der Waals surface area contributed by atoms with Crippen molar-refractivity contribution in [2.24, 2.45) is 0 Å². The summed E-state index contributed by atoms with van der Waals surface area (Å²) in [7, 11) is 0. The Kier molecular flexibility index (Phi) is 4.93. The standard InChI is InChI=1S/C22H19N5O4/c28-21(17-14-23-27(25-17)15-6-2-1-3-7-15)24-19-16-8-4-5-9-18(16)31-20(19)22(29)26-10-12-30-13-11-26/h1-9,14H,10-13H2,(H,24,28). The number of amides is 2. The molecule has 0 saturated carbocycles. The number of ether oxygens (including phenoxy) is 1. The van der Waals surface area contributed by atoms with E-state index < -0.39 is 5.91 Å². The maximum atomic E-state index is 13.1. The average Bonchev–Trinajstić information content (AvgIpc) is 3.46. The van der Waals surface area contributed by atoms with Crippen molar-refractivity contribution in [3.05, 3.63) is 72.2 Å². The third kappa shape index (κ3) is 3.66. The van der Waals surface area contributed by atoms with E-state index in [1.165, 1.54) is 11.0 Å². The molecule has 1 saturated heterocycles. The van der Waals surface area contributed by atoms with Crippen LogP contribution in [-0.2, 0) is 4.74 Å². The summed E-state index contributed by atoms with van der Waals surface area (Å²) in [6.07, 6.45) is 1.38. The van der Waals surface area contributed by atoms with Crippen LogP contribution in [0.5, 0.6) is 0 Å². The molecule has 3 heterocycles. The third-order valence-corrected chi connectivity index (χ3v) is 5.04. The second kappa shape index (κ2) is 8.04. The van der Waals surface area contributed by atoms with Crippen LogP contribution in [0.4, 0.5) is 5.69 Å². The lowest BCUT2D eigenvalue weighted by molar-refractivity contribution is 0.0285. The van der Waals surface area contributed by atoms with Crippen LogP contribution >= 0.6 is 0 Å². The van der Waals surface area contributed by atoms with Gasteiger partial charge in [-0.05, 0) is 24.3 Å². The fraction of sp³-hybridized carbons (Fsp3) is 0.182. The monoisotopic (exact) mass is 417 g/mol. The second-order valence-electron chi connectivity index (χ2n) is 7.02. The number of fused-ring (bicyclic) bond motifs is 1. The minimum Gasteiger partial charge on any atom is -0.449 e. The minimum atomic E-state index is -0.482. The number of benzene rings is 2. The lowest BCUT2D eigenvalue weighted by atomic mass is 10.2. The molecule has 0 atom stereocenters. The third-order valence-electron chi connectivity index (χ3n) is 5.04. The van der Waals surface area contributed by atoms with Crippen molar-refractivity contribution in [1.82, 2.24) is 19.9 Å². The van der Waals surface area contributed by atoms with E-state index in [1.54, 1.807) is 17.0 Å². The van der Waals surface area contributed by atoms with Gasteiger partial charge in [0, 0.05) is 18.5 Å². The Morgan fingerprint density at radius 2 is 1.71 bits per heavy atom. The summed E-state index contributed by atoms with van der Waals surface area (Å²) in [6.45, 7) is 1.87. The van der Waals surface area contributed by atoms with E-state index in [4.69, 9.17) is 9.15 Å². The van der Waals surface area contributed by atoms with Gasteiger partial charge >= 0.3 is 0 Å². The van der Waals surface area contributed by atoms with E-state index >= 15 is 0 Å². The fourth-order valence-corrected chi connectivity index (χ4v) is 3.46. The summed E-state index contributed by atoms with van der Waals surface area (Å²) in [4.78, 5) is 29.1. The molecule has 0 bridgehead atoms. The van der Waals surface area contributed by atoms with Gasteiger partial charge in [-0.1, -0.05) is 30.3 Å². The lowest BCUT2D eigenvalue weighted by Crippen LogP contribution is -2.40. The van der Waals surface area contributed by atoms with E-state index in [1.807, 2.05) is 42.5 Å². The Morgan fingerprint density at radius 3 is 2.52 bits per heavy atom. The van der Waals surface area contributed by atoms with Gasteiger partial charge in [-0.25, -0.2) is 0 Å². The molecule has 1 aliphatic heterocycles. The average molecular weight is 417 g/mol. The summed E-state index contributed by atoms with van der Waals surface area (Å²) in [6, 6.07) is 16.5. The quantitative estimate of drug-likeness (QED) is 0.548. The number of nitrogens with one attached hydrogen (secondary N) is 1. The number of carbonyl (C=O) groups excluding carboxylic acids is 2. The van der Waals surface area contributed by atoms with Crippen LogP contribution in [-0.4, -0.2) is 58.0 Å². The largest absolute Gasteiger partial charge is 0.449 e. The van der Waals surface area contributed by atoms with Crippen molar-refractivity contribution in [1.29, 1.82) is 0 Å². The number of aromatic nitrogens is 3. The second-order valence-corrected chi connectivity index (χ2v) is 7.02. The summed E-state index contributed by atoms with van der Waals surface area (Å²) < 4.78 is 11.2. The van der Waals surface area contributed by atoms with Crippen LogP contribution in [0.25, 0.3) is 16.7 Å². The zero-order valence-electron chi connectivity index (χ0n) is 16.5. The number of anilines is 1. The van der Waals surface area contributed by atoms with Crippen LogP contribution in [0.15, 0.2) is 65.2 Å². The van der Waals surface area contributed by atoms with Crippen molar-refractivity contribution >= 4 is 28.5 Å². The van der Waals surface area contributed by atoms with E-state index in [-0.39, 0.29) is 17.4 Å². The van der Waals surface area contributed by atoms with Crippen molar-refractivity contribution in [2.75, 3.05) is 31.6 Å². The first-order chi connectivity index (χ1) is 15.2. The van der Waals surface area contributed by atoms with Crippen LogP contribution in [0.3, 0.4) is 0 Å². The maximum Gasteiger partial charge on any atom is 0.291 e. The molecule has 2 amide bonds. The molecule has 0 aliphatic carbocycles. The van der Waals surface area contributed by atoms with Gasteiger partial charge in [0.2, 0.25) is 5.76 Å². The molecule has 31 heavy (non-hydrogen) atoms. The number of rotatable bonds is 4. The van der Waals surface area contributed by atoms with Crippen molar-refractivity contribution in [3.8, 4) is 5.69 Å². The first-order valence-corrected chi connectivity index (χ1v) is 9.88. The molecule has 1 N–H and O–H groups in total. The molecule has 9 heteroatoms. The van der Waals surface area contributed by atoms with E-state index in [9.17, 15) is 9.59 Å². The molecule has 2 aromatic carbocycles. The number of furan rings is 1. The summed E-state index contributed by atoms with van der Waals surface area (Å²) in [5.41, 5.74) is 1.70. The van der Waals surface area contributed by atoms with Crippen LogP contribution < -0.4 is 5.32 Å². The van der Waals surface area contributed by atoms with E-state index in [2.05, 4.69) is 15.5 Å². The predicted molar refractivity (Wildman–Crippen MR) is 112 cm³/mol. The molecule has 9 nitrogen and oxygen atoms in total. The molecular weight excluding hydrogens is 398 g/mol. The number of para-hydroxylation sites is 2. The van der Waals surface area contributed by atoms with Crippen LogP contribution in [0, 0.1) is 0 Å². The lowest BCUT2D eigenvalue weighted by Gasteiger charge is -2.26. The number of hydrogen-bond acceptors (Lipinski definition) is 6. The van der Waals surface area contributed by atoms with Crippen molar-refractivity contribution in [2.45, 2.75) is 0 Å². The highest BCUT2D eigenvalue weighted by Gasteiger charge is 2.28. The fourth-order valence-electron chi connectivity index (χ4n) is 3.46. The Balaban J connectivity index is 1.46. The molecule has 1 aliphatic rings. The molecule has 1 fully saturated rings. The molecule has 0 radical (unpaired) electrons. The molecule has 156 valence electrons. The molecule has 4 aromatic rings. The highest BCUT2D eigenvalue weighted by atomic mass is 16.5. The summed E-state index contributed by atoms with van der Waals surface area (Å²) >= 11 is 0. The van der Waals surface area contributed by atoms with Gasteiger partial charge in [0.25, 0.3) is 11.8 Å². The summed E-state index contributed by atoms with van der Waals surface area (Å²) in [5, 5.41) is 11.9. The summed E-state index contributed by atoms with van der Waals surface area (Å²) in [5.74, 6) is -0.681. The topological polar surface area (TPSA) is 102 Å². The molecule has 2 aromatic heterocycles. The van der Waals surface area contributed by atoms with Gasteiger partial charge in [0.15, 0.2) is 5.69 Å². The zero-order chi connectivity index (χ0) is 21.2. The Morgan fingerprint density at radius 1 is 0.968 bits per heavy atom.